The summed E-state index contributed by atoms with van der Waals surface area (Å²) >= 11 is 0. The van der Waals surface area contributed by atoms with Crippen LogP contribution in [-0.4, -0.2) is 19.9 Å². The molecule has 0 unspecified atom stereocenters. The molecule has 0 N–H and O–H groups in total. The fourth-order valence-electron chi connectivity index (χ4n) is 6.36. The van der Waals surface area contributed by atoms with E-state index in [9.17, 15) is 0 Å². The summed E-state index contributed by atoms with van der Waals surface area (Å²) in [5, 5.41) is 8.10. The highest BCUT2D eigenvalue weighted by Crippen LogP contribution is 2.35. The van der Waals surface area contributed by atoms with E-state index in [1.165, 1.54) is 16.2 Å². The Kier molecular flexibility index (Phi) is 6.10. The molecule has 0 aliphatic carbocycles. The maximum atomic E-state index is 5.13. The molecule has 0 aliphatic rings. The lowest BCUT2D eigenvalue weighted by Gasteiger charge is -2.13. The molecule has 46 heavy (non-hydrogen) atoms. The normalized spacial score (nSPS) is 11.5. The van der Waals surface area contributed by atoms with E-state index >= 15 is 0 Å². The molecule has 0 saturated carbocycles. The van der Waals surface area contributed by atoms with Crippen molar-refractivity contribution in [3.05, 3.63) is 158 Å². The van der Waals surface area contributed by atoms with Gasteiger partial charge in [0, 0.05) is 33.8 Å². The Bertz CT molecular complexity index is 2590. The van der Waals surface area contributed by atoms with Crippen LogP contribution in [0.2, 0.25) is 0 Å². The lowest BCUT2D eigenvalue weighted by molar-refractivity contribution is 1.08. The van der Waals surface area contributed by atoms with E-state index in [0.29, 0.717) is 17.5 Å². The number of aromatic nitrogens is 4. The van der Waals surface area contributed by atoms with Gasteiger partial charge in [0.2, 0.25) is 0 Å². The number of hydrogen-bond acceptors (Lipinski definition) is 4. The summed E-state index contributed by atoms with van der Waals surface area (Å²) in [6.45, 7) is 0. The zero-order chi connectivity index (χ0) is 30.5. The van der Waals surface area contributed by atoms with E-state index in [2.05, 4.69) is 138 Å². The molecule has 9 aromatic rings. The lowest BCUT2D eigenvalue weighted by atomic mass is 9.97. The van der Waals surface area contributed by atoms with E-state index in [1.54, 1.807) is 0 Å². The minimum Gasteiger partial charge on any atom is -0.256 e. The Labute approximate surface area is 265 Å². The summed E-state index contributed by atoms with van der Waals surface area (Å²) in [5.41, 5.74) is 6.01. The number of benzene rings is 7. The topological polar surface area (TPSA) is 51.6 Å². The van der Waals surface area contributed by atoms with Crippen LogP contribution in [-0.2, 0) is 0 Å². The van der Waals surface area contributed by atoms with Gasteiger partial charge >= 0.3 is 0 Å². The minimum absolute atomic E-state index is 0.633. The molecular formula is C42H26N4. The maximum absolute atomic E-state index is 5.13. The van der Waals surface area contributed by atoms with Gasteiger partial charge in [-0.3, -0.25) is 4.98 Å². The summed E-state index contributed by atoms with van der Waals surface area (Å²) in [6, 6.07) is 52.7. The number of nitrogens with zero attached hydrogens (tertiary/aromatic N) is 4. The van der Waals surface area contributed by atoms with Gasteiger partial charge in [0.25, 0.3) is 0 Å². The van der Waals surface area contributed by atoms with Crippen molar-refractivity contribution in [1.29, 1.82) is 0 Å². The van der Waals surface area contributed by atoms with Crippen LogP contribution in [0, 0.1) is 0 Å². The van der Waals surface area contributed by atoms with Crippen molar-refractivity contribution in [2.45, 2.75) is 0 Å². The molecule has 0 saturated heterocycles. The summed E-state index contributed by atoms with van der Waals surface area (Å²) in [6.07, 6.45) is 1.93. The molecule has 214 valence electrons. The first-order valence-corrected chi connectivity index (χ1v) is 15.4. The van der Waals surface area contributed by atoms with Gasteiger partial charge in [0.05, 0.1) is 5.52 Å². The third-order valence-electron chi connectivity index (χ3n) is 8.72. The van der Waals surface area contributed by atoms with Gasteiger partial charge in [-0.25, -0.2) is 15.0 Å². The molecular weight excluding hydrogens is 560 g/mol. The monoisotopic (exact) mass is 586 g/mol. The highest BCUT2D eigenvalue weighted by molar-refractivity contribution is 6.13. The molecule has 0 atom stereocenters. The predicted octanol–water partition coefficient (Wildman–Crippen LogP) is 10.5. The first-order valence-electron chi connectivity index (χ1n) is 15.4. The molecule has 0 bridgehead atoms. The summed E-state index contributed by atoms with van der Waals surface area (Å²) in [4.78, 5) is 20.0. The fourth-order valence-corrected chi connectivity index (χ4v) is 6.36. The van der Waals surface area contributed by atoms with E-state index in [4.69, 9.17) is 15.0 Å². The van der Waals surface area contributed by atoms with E-state index in [1.807, 2.05) is 24.4 Å². The first kappa shape index (κ1) is 26.2. The van der Waals surface area contributed by atoms with E-state index < -0.39 is 0 Å². The highest BCUT2D eigenvalue weighted by Gasteiger charge is 2.16. The molecule has 2 aromatic heterocycles. The molecule has 4 heteroatoms. The molecule has 9 rings (SSSR count). The van der Waals surface area contributed by atoms with E-state index in [-0.39, 0.29) is 0 Å². The zero-order valence-electron chi connectivity index (χ0n) is 24.8. The van der Waals surface area contributed by atoms with Gasteiger partial charge in [-0.05, 0) is 62.1 Å². The van der Waals surface area contributed by atoms with Crippen LogP contribution in [0.5, 0.6) is 0 Å². The van der Waals surface area contributed by atoms with Crippen LogP contribution in [0.15, 0.2) is 158 Å². The minimum atomic E-state index is 0.633. The Morgan fingerprint density at radius 3 is 1.72 bits per heavy atom. The second-order valence-corrected chi connectivity index (χ2v) is 11.6. The molecule has 0 radical (unpaired) electrons. The van der Waals surface area contributed by atoms with Crippen molar-refractivity contribution in [2.75, 3.05) is 0 Å². The number of para-hydroxylation sites is 1. The van der Waals surface area contributed by atoms with Crippen molar-refractivity contribution in [1.82, 2.24) is 19.9 Å². The lowest BCUT2D eigenvalue weighted by Crippen LogP contribution is -2.01. The van der Waals surface area contributed by atoms with Gasteiger partial charge in [-0.1, -0.05) is 127 Å². The Morgan fingerprint density at radius 2 is 0.891 bits per heavy atom. The van der Waals surface area contributed by atoms with Crippen LogP contribution < -0.4 is 0 Å². The number of fused-ring (bicyclic) bond motifs is 5. The largest absolute Gasteiger partial charge is 0.256 e. The highest BCUT2D eigenvalue weighted by atomic mass is 15.0. The van der Waals surface area contributed by atoms with Crippen molar-refractivity contribution >= 4 is 43.2 Å². The predicted molar refractivity (Wildman–Crippen MR) is 189 cm³/mol. The second-order valence-electron chi connectivity index (χ2n) is 11.6. The smallest absolute Gasteiger partial charge is 0.164 e. The quantitative estimate of drug-likeness (QED) is 0.193. The van der Waals surface area contributed by atoms with Crippen molar-refractivity contribution in [2.24, 2.45) is 0 Å². The van der Waals surface area contributed by atoms with Crippen LogP contribution in [0.1, 0.15) is 0 Å². The van der Waals surface area contributed by atoms with Crippen LogP contribution >= 0.6 is 0 Å². The fraction of sp³-hybridized carbons (Fsp3) is 0. The van der Waals surface area contributed by atoms with Gasteiger partial charge in [0.1, 0.15) is 0 Å². The van der Waals surface area contributed by atoms with Crippen LogP contribution in [0.25, 0.3) is 88.5 Å². The summed E-state index contributed by atoms with van der Waals surface area (Å²) < 4.78 is 0. The SMILES string of the molecule is c1ccc2cc(-c3nc(-c4ccc(-c5cnc6ccccc6c5)cc4)nc(-c4cc5ccccc5c5ccccc45)n3)ccc2c1. The summed E-state index contributed by atoms with van der Waals surface area (Å²) in [5.74, 6) is 1.93. The van der Waals surface area contributed by atoms with Gasteiger partial charge < -0.3 is 0 Å². The Morgan fingerprint density at radius 1 is 0.326 bits per heavy atom. The Hall–Kier alpha value is -6.26. The van der Waals surface area contributed by atoms with Crippen molar-refractivity contribution < 1.29 is 0 Å². The molecule has 7 aromatic carbocycles. The van der Waals surface area contributed by atoms with E-state index in [0.717, 1.165) is 54.9 Å². The standard InChI is InChI=1S/C42H26N4/c1-2-10-30-23-33(22-19-27(30)9-1)41-44-40(29-20-17-28(18-21-29)34-24-32-12-4-8-16-39(32)43-26-34)45-42(46-41)38-25-31-11-3-5-13-35(31)36-14-6-7-15-37(36)38/h1-26H. The number of rotatable bonds is 4. The molecule has 4 nitrogen and oxygen atoms in total. The van der Waals surface area contributed by atoms with Gasteiger partial charge in [-0.2, -0.15) is 0 Å². The van der Waals surface area contributed by atoms with Crippen LogP contribution in [0.4, 0.5) is 0 Å². The third-order valence-corrected chi connectivity index (χ3v) is 8.72. The number of hydrogen-bond donors (Lipinski definition) is 0. The average Bonchev–Trinajstić information content (AvgIpc) is 3.14. The second kappa shape index (κ2) is 10.7. The average molecular weight is 587 g/mol. The molecule has 0 fully saturated rings. The molecule has 0 aliphatic heterocycles. The zero-order valence-corrected chi connectivity index (χ0v) is 24.8. The summed E-state index contributed by atoms with van der Waals surface area (Å²) in [7, 11) is 0. The van der Waals surface area contributed by atoms with Crippen molar-refractivity contribution in [3.63, 3.8) is 0 Å². The third kappa shape index (κ3) is 4.56. The van der Waals surface area contributed by atoms with Gasteiger partial charge in [0.15, 0.2) is 17.5 Å². The van der Waals surface area contributed by atoms with Gasteiger partial charge in [-0.15, -0.1) is 0 Å². The molecule has 0 spiro atoms. The Balaban J connectivity index is 1.22. The molecule has 2 heterocycles. The molecule has 0 amide bonds. The maximum Gasteiger partial charge on any atom is 0.164 e. The number of pyridine rings is 1. The van der Waals surface area contributed by atoms with Crippen LogP contribution in [0.3, 0.4) is 0 Å². The first-order chi connectivity index (χ1) is 22.8. The van der Waals surface area contributed by atoms with Crippen molar-refractivity contribution in [3.8, 4) is 45.3 Å².